The van der Waals surface area contributed by atoms with E-state index in [1.807, 2.05) is 36.4 Å². The van der Waals surface area contributed by atoms with Gasteiger partial charge in [-0.05, 0) is 212 Å². The van der Waals surface area contributed by atoms with Crippen molar-refractivity contribution in [2.75, 3.05) is 20.8 Å². The molecule has 0 unspecified atom stereocenters. The molecule has 5 aliphatic carbocycles. The third-order valence-corrected chi connectivity index (χ3v) is 18.4. The summed E-state index contributed by atoms with van der Waals surface area (Å²) in [6, 6.07) is 42.4. The molecule has 30 nitrogen and oxygen atoms in total. The smallest absolute Gasteiger partial charge is 0.338 e. The molecule has 526 valence electrons. The average molecular weight is 1400 g/mol. The number of halogens is 1. The van der Waals surface area contributed by atoms with E-state index in [0.717, 1.165) is 76.8 Å². The number of carbonyl (C=O) groups is 5. The van der Waals surface area contributed by atoms with Crippen LogP contribution in [-0.4, -0.2) is 158 Å². The molecule has 16 rings (SSSR count). The first-order valence-electron chi connectivity index (χ1n) is 33.0. The minimum Gasteiger partial charge on any atom is -0.465 e. The largest absolute Gasteiger partial charge is 0.465 e. The maximum absolute atomic E-state index is 12.5. The van der Waals surface area contributed by atoms with Crippen LogP contribution in [0.25, 0.3) is 56.9 Å². The average Bonchev–Trinajstić information content (AvgIpc) is 1.26. The monoisotopic (exact) mass is 1400 g/mol. The highest BCUT2D eigenvalue weighted by atomic mass is 35.5. The van der Waals surface area contributed by atoms with Crippen LogP contribution in [0, 0.1) is 23.2 Å². The number of nitrogens with zero attached hydrogens (tertiary/aromatic N) is 20. The first-order valence-corrected chi connectivity index (χ1v) is 33.4. The third kappa shape index (κ3) is 18.2. The molecule has 5 aliphatic rings. The Morgan fingerprint density at radius 3 is 0.980 bits per heavy atom. The van der Waals surface area contributed by atoms with Crippen LogP contribution in [0.4, 0.5) is 0 Å². The van der Waals surface area contributed by atoms with Gasteiger partial charge in [-0.15, -0.1) is 25.5 Å². The Labute approximate surface area is 591 Å². The maximum Gasteiger partial charge on any atom is 0.338 e. The van der Waals surface area contributed by atoms with Crippen molar-refractivity contribution in [1.82, 2.24) is 101 Å². The van der Waals surface area contributed by atoms with Crippen LogP contribution in [0.15, 0.2) is 146 Å². The first-order chi connectivity index (χ1) is 49.4. The Bertz CT molecular complexity index is 4480. The number of benzene rings is 6. The zero-order valence-electron chi connectivity index (χ0n) is 57.3. The summed E-state index contributed by atoms with van der Waals surface area (Å²) in [5.74, 6) is 4.33. The summed E-state index contributed by atoms with van der Waals surface area (Å²) in [5, 5.41) is 57.0. The standard InChI is InChI=1S/C20H24N4O2.C16H13ClN4O2.C15H18N4O2.2C10H10N4O2/c1-24-18(21-22-23-24)16-2-4-17(5-3-16)19(25)26-12-20-9-13-6-14(10-20)8-15(7-13)11-20;1-21-15(18-19-20-21)12-4-6-13(7-5-12)16(22)23-10-11-2-8-14(17)9-3-11;1-19-14(16-17-18-19)11-7-9-12(10-8-11)15(20)21-13-5-3-2-4-6-13;2*1-14-9(11-12-13-14)7-3-5-8(6-4-7)10(15)16-2/h2-5,13-15H,6-12H2,1H3;2-9H,10H2,1H3;7-10,13H,2-6H2,1H3;2*3-6H,1-2H3. The summed E-state index contributed by atoms with van der Waals surface area (Å²) in [6.07, 6.45) is 13.6. The van der Waals surface area contributed by atoms with E-state index in [4.69, 9.17) is 25.8 Å². The minimum atomic E-state index is -0.386. The first kappa shape index (κ1) is 71.6. The number of rotatable bonds is 15. The lowest BCUT2D eigenvalue weighted by atomic mass is 9.50. The predicted molar refractivity (Wildman–Crippen MR) is 368 cm³/mol. The van der Waals surface area contributed by atoms with Gasteiger partial charge in [0.25, 0.3) is 0 Å². The second kappa shape index (κ2) is 33.4. The number of hydrogen-bond donors (Lipinski definition) is 0. The van der Waals surface area contributed by atoms with Crippen LogP contribution in [0.3, 0.4) is 0 Å². The molecule has 102 heavy (non-hydrogen) atoms. The van der Waals surface area contributed by atoms with E-state index in [9.17, 15) is 24.0 Å². The number of aromatic nitrogens is 20. The molecule has 0 amide bonds. The van der Waals surface area contributed by atoms with Crippen molar-refractivity contribution >= 4 is 41.4 Å². The van der Waals surface area contributed by atoms with Gasteiger partial charge < -0.3 is 23.7 Å². The normalized spacial score (nSPS) is 17.0. The number of hydrogen-bond acceptors (Lipinski definition) is 25. The van der Waals surface area contributed by atoms with E-state index in [2.05, 4.69) is 87.1 Å². The Balaban J connectivity index is 0.000000130. The molecule has 4 bridgehead atoms. The van der Waals surface area contributed by atoms with Gasteiger partial charge in [-0.3, -0.25) is 0 Å². The van der Waals surface area contributed by atoms with E-state index in [1.54, 1.807) is 168 Å². The zero-order valence-corrected chi connectivity index (χ0v) is 58.0. The fourth-order valence-electron chi connectivity index (χ4n) is 13.4. The lowest BCUT2D eigenvalue weighted by Gasteiger charge is -2.56. The number of esters is 5. The lowest BCUT2D eigenvalue weighted by Crippen LogP contribution is -2.48. The van der Waals surface area contributed by atoms with Crippen molar-refractivity contribution in [2.24, 2.45) is 58.4 Å². The number of aryl methyl sites for hydroxylation is 5. The molecule has 0 spiro atoms. The van der Waals surface area contributed by atoms with Crippen molar-refractivity contribution < 1.29 is 47.7 Å². The molecule has 5 aromatic heterocycles. The molecule has 0 N–H and O–H groups in total. The van der Waals surface area contributed by atoms with E-state index in [1.165, 1.54) is 59.2 Å². The molecule has 0 atom stereocenters. The molecular weight excluding hydrogens is 1330 g/mol. The second-order valence-corrected chi connectivity index (χ2v) is 25.8. The van der Waals surface area contributed by atoms with Gasteiger partial charge in [0.15, 0.2) is 29.1 Å². The minimum absolute atomic E-state index is 0.0777. The molecule has 31 heteroatoms. The van der Waals surface area contributed by atoms with E-state index >= 15 is 0 Å². The predicted octanol–water partition coefficient (Wildman–Crippen LogP) is 9.83. The molecule has 11 aromatic rings. The van der Waals surface area contributed by atoms with Gasteiger partial charge in [0.2, 0.25) is 0 Å². The molecule has 5 fully saturated rings. The number of carbonyl (C=O) groups excluding carboxylic acids is 5. The number of ether oxygens (including phenoxy) is 5. The van der Waals surface area contributed by atoms with Crippen molar-refractivity contribution in [1.29, 1.82) is 0 Å². The van der Waals surface area contributed by atoms with Gasteiger partial charge in [0.05, 0.1) is 48.6 Å². The highest BCUT2D eigenvalue weighted by molar-refractivity contribution is 6.30. The second-order valence-electron chi connectivity index (χ2n) is 25.4. The van der Waals surface area contributed by atoms with E-state index < -0.39 is 0 Å². The fourth-order valence-corrected chi connectivity index (χ4v) is 13.5. The van der Waals surface area contributed by atoms with Crippen LogP contribution in [-0.2, 0) is 65.5 Å². The number of methoxy groups -OCH3 is 2. The van der Waals surface area contributed by atoms with Gasteiger partial charge in [-0.2, -0.15) is 0 Å². The molecule has 0 saturated heterocycles. The quantitative estimate of drug-likeness (QED) is 0.0680. The number of tetrazole rings is 5. The summed E-state index contributed by atoms with van der Waals surface area (Å²) in [6.45, 7) is 0.787. The van der Waals surface area contributed by atoms with Crippen molar-refractivity contribution in [3.8, 4) is 56.9 Å². The Kier molecular flexibility index (Phi) is 23.5. The maximum atomic E-state index is 12.5. The fraction of sp³-hybridized carbons (Fsp3) is 0.352. The van der Waals surface area contributed by atoms with Crippen molar-refractivity contribution in [3.63, 3.8) is 0 Å². The SMILES string of the molecule is COC(=O)c1ccc(-c2nnnn2C)cc1.COC(=O)c1ccc(-c2nnnn2C)cc1.Cn1nnnc1-c1ccc(C(=O)OC2CCCCC2)cc1.Cn1nnnc1-c1ccc(C(=O)OCC23CC4CC(CC(C4)C2)C3)cc1.Cn1nnnc1-c1ccc(C(=O)OCc2ccc(Cl)cc2)cc1. The highest BCUT2D eigenvalue weighted by Crippen LogP contribution is 2.60. The zero-order chi connectivity index (χ0) is 71.7. The molecular formula is C71H75ClN20O10. The topological polar surface area (TPSA) is 349 Å². The van der Waals surface area contributed by atoms with E-state index in [-0.39, 0.29) is 48.0 Å². The summed E-state index contributed by atoms with van der Waals surface area (Å²) < 4.78 is 33.7. The van der Waals surface area contributed by atoms with E-state index in [0.29, 0.717) is 68.6 Å². The Morgan fingerprint density at radius 2 is 0.686 bits per heavy atom. The summed E-state index contributed by atoms with van der Waals surface area (Å²) >= 11 is 5.81. The highest BCUT2D eigenvalue weighted by Gasteiger charge is 2.51. The van der Waals surface area contributed by atoms with Gasteiger partial charge in [0.1, 0.15) is 12.7 Å². The molecule has 0 aliphatic heterocycles. The molecule has 5 saturated carbocycles. The summed E-state index contributed by atoms with van der Waals surface area (Å²) in [4.78, 5) is 59.1. The van der Waals surface area contributed by atoms with Gasteiger partial charge in [-0.1, -0.05) is 90.8 Å². The third-order valence-electron chi connectivity index (χ3n) is 18.1. The van der Waals surface area contributed by atoms with Crippen LogP contribution in [0.5, 0.6) is 0 Å². The van der Waals surface area contributed by atoms with Crippen LogP contribution in [0.1, 0.15) is 128 Å². The molecule has 6 aromatic carbocycles. The van der Waals surface area contributed by atoms with Crippen molar-refractivity contribution in [2.45, 2.75) is 83.3 Å². The van der Waals surface area contributed by atoms with Crippen LogP contribution in [0.2, 0.25) is 5.02 Å². The lowest BCUT2D eigenvalue weighted by molar-refractivity contribution is -0.0848. The van der Waals surface area contributed by atoms with Gasteiger partial charge >= 0.3 is 29.8 Å². The van der Waals surface area contributed by atoms with Crippen LogP contribution >= 0.6 is 11.6 Å². The van der Waals surface area contributed by atoms with Crippen LogP contribution < -0.4 is 0 Å². The Hall–Kier alpha value is -11.7. The Morgan fingerprint density at radius 1 is 0.392 bits per heavy atom. The van der Waals surface area contributed by atoms with Gasteiger partial charge in [-0.25, -0.2) is 47.4 Å². The summed E-state index contributed by atoms with van der Waals surface area (Å²) in [5.41, 5.74) is 8.05. The van der Waals surface area contributed by atoms with Crippen molar-refractivity contribution in [3.05, 3.63) is 184 Å². The summed E-state index contributed by atoms with van der Waals surface area (Å²) in [7, 11) is 11.5. The molecule has 5 heterocycles. The molecule has 0 radical (unpaired) electrons. The van der Waals surface area contributed by atoms with Gasteiger partial charge in [0, 0.05) is 73.5 Å².